The molecule has 1 saturated carbocycles. The highest BCUT2D eigenvalue weighted by Gasteiger charge is 2.36. The van der Waals surface area contributed by atoms with Crippen LogP contribution < -0.4 is 5.32 Å². The Kier molecular flexibility index (Phi) is 5.40. The van der Waals surface area contributed by atoms with Crippen LogP contribution in [0.25, 0.3) is 0 Å². The zero-order valence-electron chi connectivity index (χ0n) is 12.4. The van der Waals surface area contributed by atoms with Gasteiger partial charge in [-0.15, -0.1) is 0 Å². The highest BCUT2D eigenvalue weighted by molar-refractivity contribution is 7.99. The van der Waals surface area contributed by atoms with Gasteiger partial charge < -0.3 is 10.2 Å². The highest BCUT2D eigenvalue weighted by Crippen LogP contribution is 2.40. The van der Waals surface area contributed by atoms with E-state index in [0.29, 0.717) is 5.41 Å². The Morgan fingerprint density at radius 1 is 1.39 bits per heavy atom. The van der Waals surface area contributed by atoms with Gasteiger partial charge >= 0.3 is 0 Å². The van der Waals surface area contributed by atoms with Gasteiger partial charge in [0.15, 0.2) is 0 Å². The molecular weight excluding hydrogens is 240 g/mol. The lowest BCUT2D eigenvalue weighted by Crippen LogP contribution is -2.49. The summed E-state index contributed by atoms with van der Waals surface area (Å²) < 4.78 is 0. The fourth-order valence-corrected chi connectivity index (χ4v) is 5.09. The molecule has 0 amide bonds. The maximum absolute atomic E-state index is 3.47. The van der Waals surface area contributed by atoms with E-state index in [0.717, 1.165) is 11.2 Å². The molecule has 3 heteroatoms. The molecule has 3 unspecified atom stereocenters. The van der Waals surface area contributed by atoms with E-state index in [1.165, 1.54) is 57.6 Å². The van der Waals surface area contributed by atoms with Gasteiger partial charge in [0, 0.05) is 37.2 Å². The maximum Gasteiger partial charge on any atom is 0.0147 e. The molecule has 0 spiro atoms. The van der Waals surface area contributed by atoms with Gasteiger partial charge in [-0.25, -0.2) is 0 Å². The second kappa shape index (κ2) is 6.62. The van der Waals surface area contributed by atoms with Crippen LogP contribution in [0.2, 0.25) is 0 Å². The summed E-state index contributed by atoms with van der Waals surface area (Å²) >= 11 is 2.14. The number of rotatable bonds is 4. The first kappa shape index (κ1) is 14.7. The number of nitrogens with zero attached hydrogens (tertiary/aromatic N) is 1. The SMILES string of the molecule is CNCC1(CN2CCSC(C)C2)CCCC(C)C1. The molecule has 2 nitrogen and oxygen atoms in total. The quantitative estimate of drug-likeness (QED) is 0.846. The van der Waals surface area contributed by atoms with Crippen molar-refractivity contribution in [3.8, 4) is 0 Å². The summed E-state index contributed by atoms with van der Waals surface area (Å²) in [4.78, 5) is 2.73. The monoisotopic (exact) mass is 270 g/mol. The molecule has 18 heavy (non-hydrogen) atoms. The Morgan fingerprint density at radius 3 is 2.89 bits per heavy atom. The van der Waals surface area contributed by atoms with Crippen LogP contribution in [0.5, 0.6) is 0 Å². The number of nitrogens with one attached hydrogen (secondary N) is 1. The molecule has 0 bridgehead atoms. The van der Waals surface area contributed by atoms with Gasteiger partial charge in [-0.1, -0.05) is 26.7 Å². The van der Waals surface area contributed by atoms with Crippen LogP contribution in [0.3, 0.4) is 0 Å². The Hall–Kier alpha value is 0.270. The second-order valence-corrected chi connectivity index (χ2v) is 8.19. The second-order valence-electron chi connectivity index (χ2n) is 6.65. The summed E-state index contributed by atoms with van der Waals surface area (Å²) in [6, 6.07) is 0. The minimum Gasteiger partial charge on any atom is -0.319 e. The molecule has 2 rings (SSSR count). The van der Waals surface area contributed by atoms with Crippen LogP contribution in [0.1, 0.15) is 39.5 Å². The smallest absolute Gasteiger partial charge is 0.0147 e. The zero-order chi connectivity index (χ0) is 13.0. The third-order valence-electron chi connectivity index (χ3n) is 4.62. The highest BCUT2D eigenvalue weighted by atomic mass is 32.2. The average molecular weight is 270 g/mol. The fourth-order valence-electron chi connectivity index (χ4n) is 4.01. The minimum atomic E-state index is 0.550. The first-order valence-corrected chi connectivity index (χ1v) is 8.67. The number of hydrogen-bond donors (Lipinski definition) is 1. The largest absolute Gasteiger partial charge is 0.319 e. The van der Waals surface area contributed by atoms with E-state index in [1.54, 1.807) is 0 Å². The van der Waals surface area contributed by atoms with Crippen LogP contribution in [0, 0.1) is 11.3 Å². The third-order valence-corrected chi connectivity index (χ3v) is 5.76. The van der Waals surface area contributed by atoms with E-state index in [2.05, 4.69) is 42.9 Å². The topological polar surface area (TPSA) is 15.3 Å². The van der Waals surface area contributed by atoms with Gasteiger partial charge in [-0.3, -0.25) is 0 Å². The van der Waals surface area contributed by atoms with Crippen molar-refractivity contribution in [2.24, 2.45) is 11.3 Å². The van der Waals surface area contributed by atoms with Crippen LogP contribution in [0.15, 0.2) is 0 Å². The van der Waals surface area contributed by atoms with Crippen molar-refractivity contribution in [1.29, 1.82) is 0 Å². The molecule has 1 heterocycles. The molecule has 0 aromatic heterocycles. The molecular formula is C15H30N2S. The molecule has 1 aliphatic heterocycles. The lowest BCUT2D eigenvalue weighted by atomic mass is 9.69. The summed E-state index contributed by atoms with van der Waals surface area (Å²) in [5.41, 5.74) is 0.550. The van der Waals surface area contributed by atoms with Crippen molar-refractivity contribution in [2.45, 2.75) is 44.8 Å². The van der Waals surface area contributed by atoms with E-state index in [4.69, 9.17) is 0 Å². The normalized spacial score (nSPS) is 38.8. The van der Waals surface area contributed by atoms with Crippen LogP contribution in [-0.2, 0) is 0 Å². The van der Waals surface area contributed by atoms with E-state index in [9.17, 15) is 0 Å². The lowest BCUT2D eigenvalue weighted by Gasteiger charge is -2.45. The Balaban J connectivity index is 1.96. The van der Waals surface area contributed by atoms with E-state index in [1.807, 2.05) is 0 Å². The van der Waals surface area contributed by atoms with Crippen molar-refractivity contribution >= 4 is 11.8 Å². The van der Waals surface area contributed by atoms with E-state index in [-0.39, 0.29) is 0 Å². The summed E-state index contributed by atoms with van der Waals surface area (Å²) in [7, 11) is 2.12. The van der Waals surface area contributed by atoms with Gasteiger partial charge in [-0.2, -0.15) is 11.8 Å². The van der Waals surface area contributed by atoms with Crippen LogP contribution >= 0.6 is 11.8 Å². The molecule has 0 aromatic rings. The van der Waals surface area contributed by atoms with Gasteiger partial charge in [0.05, 0.1) is 0 Å². The summed E-state index contributed by atoms with van der Waals surface area (Å²) in [6.45, 7) is 9.95. The third kappa shape index (κ3) is 3.88. The number of thioether (sulfide) groups is 1. The maximum atomic E-state index is 3.47. The van der Waals surface area contributed by atoms with Crippen molar-refractivity contribution in [2.75, 3.05) is 39.0 Å². The average Bonchev–Trinajstić information content (AvgIpc) is 2.28. The van der Waals surface area contributed by atoms with Gasteiger partial charge in [0.1, 0.15) is 0 Å². The molecule has 0 radical (unpaired) electrons. The molecule has 1 saturated heterocycles. The van der Waals surface area contributed by atoms with Crippen molar-refractivity contribution in [3.63, 3.8) is 0 Å². The first-order chi connectivity index (χ1) is 8.63. The van der Waals surface area contributed by atoms with Crippen LogP contribution in [0.4, 0.5) is 0 Å². The van der Waals surface area contributed by atoms with Gasteiger partial charge in [0.2, 0.25) is 0 Å². The Morgan fingerprint density at radius 2 is 2.22 bits per heavy atom. The van der Waals surface area contributed by atoms with Crippen molar-refractivity contribution in [1.82, 2.24) is 10.2 Å². The molecule has 0 aromatic carbocycles. The van der Waals surface area contributed by atoms with Gasteiger partial charge in [-0.05, 0) is 31.2 Å². The Labute approximate surface area is 117 Å². The predicted octanol–water partition coefficient (Wildman–Crippen LogP) is 2.84. The van der Waals surface area contributed by atoms with E-state index >= 15 is 0 Å². The van der Waals surface area contributed by atoms with E-state index < -0.39 is 0 Å². The molecule has 1 N–H and O–H groups in total. The predicted molar refractivity (Wildman–Crippen MR) is 82.4 cm³/mol. The summed E-state index contributed by atoms with van der Waals surface area (Å²) in [6.07, 6.45) is 5.72. The molecule has 3 atom stereocenters. The van der Waals surface area contributed by atoms with Crippen molar-refractivity contribution in [3.05, 3.63) is 0 Å². The van der Waals surface area contributed by atoms with Crippen molar-refractivity contribution < 1.29 is 0 Å². The molecule has 2 fully saturated rings. The molecule has 1 aliphatic carbocycles. The minimum absolute atomic E-state index is 0.550. The van der Waals surface area contributed by atoms with Gasteiger partial charge in [0.25, 0.3) is 0 Å². The fraction of sp³-hybridized carbons (Fsp3) is 1.00. The lowest BCUT2D eigenvalue weighted by molar-refractivity contribution is 0.0839. The standard InChI is InChI=1S/C15H30N2S/c1-13-5-4-6-15(9-13,11-16-3)12-17-7-8-18-14(2)10-17/h13-14,16H,4-12H2,1-3H3. The molecule has 106 valence electrons. The zero-order valence-corrected chi connectivity index (χ0v) is 13.2. The number of hydrogen-bond acceptors (Lipinski definition) is 3. The van der Waals surface area contributed by atoms with Crippen LogP contribution in [-0.4, -0.2) is 49.1 Å². The summed E-state index contributed by atoms with van der Waals surface area (Å²) in [5, 5.41) is 4.29. The summed E-state index contributed by atoms with van der Waals surface area (Å²) in [5.74, 6) is 2.25. The molecule has 2 aliphatic rings. The Bertz CT molecular complexity index is 255. The first-order valence-electron chi connectivity index (χ1n) is 7.62.